The molecule has 3 heterocycles. The molecule has 7 nitrogen and oxygen atoms in total. The molecule has 1 unspecified atom stereocenters. The largest absolute Gasteiger partial charge is 0.387 e. The Morgan fingerprint density at radius 2 is 1.73 bits per heavy atom. The number of rotatable bonds is 5. The number of likely N-dealkylation sites (tertiary alicyclic amines) is 1. The number of morpholine rings is 1. The zero-order chi connectivity index (χ0) is 28.5. The van der Waals surface area contributed by atoms with Gasteiger partial charge in [-0.1, -0.05) is 73.5 Å². The molecule has 2 saturated heterocycles. The molecular formula is C33H39N3O4S. The third-order valence-electron chi connectivity index (χ3n) is 9.49. The van der Waals surface area contributed by atoms with E-state index in [0.29, 0.717) is 39.3 Å². The van der Waals surface area contributed by atoms with Gasteiger partial charge in [-0.05, 0) is 36.6 Å². The molecule has 8 heteroatoms. The Bertz CT molecular complexity index is 1420. The number of aliphatic hydroxyl groups is 1. The van der Waals surface area contributed by atoms with E-state index < -0.39 is 11.0 Å². The number of urea groups is 1. The molecule has 2 amide bonds. The number of thioether (sulfide) groups is 1. The quantitative estimate of drug-likeness (QED) is 0.412. The van der Waals surface area contributed by atoms with Gasteiger partial charge in [-0.15, -0.1) is 11.8 Å². The van der Waals surface area contributed by atoms with Gasteiger partial charge in [-0.25, -0.2) is 4.79 Å². The number of hydrogen-bond donors (Lipinski definition) is 1. The molecule has 0 bridgehead atoms. The molecule has 1 N–H and O–H groups in total. The van der Waals surface area contributed by atoms with Crippen LogP contribution in [0.2, 0.25) is 0 Å². The predicted molar refractivity (Wildman–Crippen MR) is 162 cm³/mol. The van der Waals surface area contributed by atoms with Gasteiger partial charge < -0.3 is 24.2 Å². The second-order valence-electron chi connectivity index (χ2n) is 11.8. The molecule has 216 valence electrons. The lowest BCUT2D eigenvalue weighted by atomic mass is 9.66. The van der Waals surface area contributed by atoms with E-state index in [1.807, 2.05) is 70.8 Å². The fourth-order valence-corrected chi connectivity index (χ4v) is 7.82. The van der Waals surface area contributed by atoms with Crippen molar-refractivity contribution in [2.45, 2.75) is 55.2 Å². The van der Waals surface area contributed by atoms with Crippen LogP contribution in [0.3, 0.4) is 0 Å². The lowest BCUT2D eigenvalue weighted by Crippen LogP contribution is -2.64. The van der Waals surface area contributed by atoms with Gasteiger partial charge in [0.1, 0.15) is 0 Å². The highest BCUT2D eigenvalue weighted by molar-refractivity contribution is 7.98. The zero-order valence-corrected chi connectivity index (χ0v) is 24.5. The van der Waals surface area contributed by atoms with Crippen LogP contribution in [0.15, 0.2) is 82.6 Å². The highest BCUT2D eigenvalue weighted by Gasteiger charge is 2.56. The van der Waals surface area contributed by atoms with Crippen LogP contribution in [0, 0.1) is 5.41 Å². The van der Waals surface area contributed by atoms with Crippen LogP contribution in [0.1, 0.15) is 43.7 Å². The molecule has 3 fully saturated rings. The van der Waals surface area contributed by atoms with E-state index in [-0.39, 0.29) is 24.2 Å². The Labute approximate surface area is 246 Å². The summed E-state index contributed by atoms with van der Waals surface area (Å²) in [5, 5.41) is 12.4. The molecule has 2 aliphatic heterocycles. The van der Waals surface area contributed by atoms with Crippen LogP contribution in [0.25, 0.3) is 11.1 Å². The van der Waals surface area contributed by atoms with Crippen LogP contribution in [-0.4, -0.2) is 70.2 Å². The van der Waals surface area contributed by atoms with Crippen LogP contribution in [0.4, 0.5) is 4.79 Å². The van der Waals surface area contributed by atoms with Gasteiger partial charge in [-0.3, -0.25) is 4.79 Å². The average Bonchev–Trinajstić information content (AvgIpc) is 3.50. The van der Waals surface area contributed by atoms with Crippen molar-refractivity contribution >= 4 is 17.8 Å². The molecule has 2 aromatic carbocycles. The highest BCUT2D eigenvalue weighted by Crippen LogP contribution is 2.52. The fourth-order valence-electron chi connectivity index (χ4n) is 7.19. The Morgan fingerprint density at radius 1 is 1.02 bits per heavy atom. The SMILES string of the molecule is CSc1cn(CC2(O)CCN(C(=O)N3CCOC[C@H]3c3ccccc3)CC23CCCC3)c(=O)cc1-c1ccccc1. The van der Waals surface area contributed by atoms with Crippen LogP contribution >= 0.6 is 11.8 Å². The molecule has 1 saturated carbocycles. The summed E-state index contributed by atoms with van der Waals surface area (Å²) in [7, 11) is 0. The van der Waals surface area contributed by atoms with Crippen molar-refractivity contribution in [1.82, 2.24) is 14.4 Å². The van der Waals surface area contributed by atoms with Crippen LogP contribution in [0.5, 0.6) is 0 Å². The highest BCUT2D eigenvalue weighted by atomic mass is 32.2. The monoisotopic (exact) mass is 573 g/mol. The molecule has 1 aliphatic carbocycles. The summed E-state index contributed by atoms with van der Waals surface area (Å²) < 4.78 is 7.47. The molecule has 1 aromatic heterocycles. The third-order valence-corrected chi connectivity index (χ3v) is 10.3. The van der Waals surface area contributed by atoms with Gasteiger partial charge >= 0.3 is 6.03 Å². The van der Waals surface area contributed by atoms with Gasteiger partial charge in [0.25, 0.3) is 5.56 Å². The van der Waals surface area contributed by atoms with E-state index in [1.54, 1.807) is 22.4 Å². The Balaban J connectivity index is 1.26. The van der Waals surface area contributed by atoms with E-state index >= 15 is 0 Å². The van der Waals surface area contributed by atoms with Gasteiger partial charge in [0.15, 0.2) is 0 Å². The van der Waals surface area contributed by atoms with Crippen LogP contribution in [-0.2, 0) is 11.3 Å². The first-order chi connectivity index (χ1) is 19.9. The first-order valence-electron chi connectivity index (χ1n) is 14.7. The van der Waals surface area contributed by atoms with Gasteiger partial charge in [-0.2, -0.15) is 0 Å². The molecule has 6 rings (SSSR count). The van der Waals surface area contributed by atoms with Crippen molar-refractivity contribution in [3.63, 3.8) is 0 Å². The van der Waals surface area contributed by atoms with Crippen molar-refractivity contribution in [1.29, 1.82) is 0 Å². The average molecular weight is 574 g/mol. The summed E-state index contributed by atoms with van der Waals surface area (Å²) in [5.41, 5.74) is 1.38. The number of ether oxygens (including phenoxy) is 1. The smallest absolute Gasteiger partial charge is 0.320 e. The molecular weight excluding hydrogens is 534 g/mol. The maximum atomic E-state index is 14.0. The van der Waals surface area contributed by atoms with Gasteiger partial charge in [0.05, 0.1) is 31.4 Å². The molecule has 3 aliphatic rings. The third kappa shape index (κ3) is 5.33. The number of aromatic nitrogens is 1. The van der Waals surface area contributed by atoms with E-state index in [0.717, 1.165) is 47.3 Å². The lowest BCUT2D eigenvalue weighted by Gasteiger charge is -2.53. The summed E-state index contributed by atoms with van der Waals surface area (Å²) in [6, 6.07) is 21.6. The molecule has 0 radical (unpaired) electrons. The maximum Gasteiger partial charge on any atom is 0.320 e. The molecule has 1 spiro atoms. The topological polar surface area (TPSA) is 75.0 Å². The Hall–Kier alpha value is -3.07. The lowest BCUT2D eigenvalue weighted by molar-refractivity contribution is -0.137. The minimum atomic E-state index is -1.07. The van der Waals surface area contributed by atoms with Crippen molar-refractivity contribution in [3.8, 4) is 11.1 Å². The molecule has 3 aromatic rings. The first kappa shape index (κ1) is 28.1. The maximum absolute atomic E-state index is 14.0. The minimum absolute atomic E-state index is 0.0181. The fraction of sp³-hybridized carbons (Fsp3) is 0.455. The first-order valence-corrected chi connectivity index (χ1v) is 15.9. The minimum Gasteiger partial charge on any atom is -0.387 e. The Kier molecular flexibility index (Phi) is 7.99. The summed E-state index contributed by atoms with van der Waals surface area (Å²) >= 11 is 1.61. The van der Waals surface area contributed by atoms with E-state index in [1.165, 1.54) is 0 Å². The summed E-state index contributed by atoms with van der Waals surface area (Å²) in [4.78, 5) is 32.3. The number of benzene rings is 2. The van der Waals surface area contributed by atoms with E-state index in [4.69, 9.17) is 4.74 Å². The number of nitrogens with zero attached hydrogens (tertiary/aromatic N) is 3. The molecule has 41 heavy (non-hydrogen) atoms. The molecule has 2 atom stereocenters. The standard InChI is InChI=1S/C33H39N3O4S/c1-41-29-21-35(30(37)20-27(29)25-10-4-2-5-11-25)24-33(39)16-17-34(23-32(33)14-8-9-15-32)31(38)36-18-19-40-22-28(36)26-12-6-3-7-13-26/h2-7,10-13,20-21,28,39H,8-9,14-19,22-24H2,1H3/t28-,33?/m0/s1. The second-order valence-corrected chi connectivity index (χ2v) is 12.6. The van der Waals surface area contributed by atoms with Crippen molar-refractivity contribution in [3.05, 3.63) is 88.8 Å². The van der Waals surface area contributed by atoms with Crippen molar-refractivity contribution in [2.75, 3.05) is 39.1 Å². The van der Waals surface area contributed by atoms with Crippen LogP contribution < -0.4 is 5.56 Å². The van der Waals surface area contributed by atoms with Crippen molar-refractivity contribution in [2.24, 2.45) is 5.41 Å². The normalized spacial score (nSPS) is 24.1. The van der Waals surface area contributed by atoms with Crippen molar-refractivity contribution < 1.29 is 14.6 Å². The summed E-state index contributed by atoms with van der Waals surface area (Å²) in [6.07, 6.45) is 8.11. The number of carbonyl (C=O) groups excluding carboxylic acids is 1. The summed E-state index contributed by atoms with van der Waals surface area (Å²) in [5.74, 6) is 0. The number of hydrogen-bond acceptors (Lipinski definition) is 5. The zero-order valence-electron chi connectivity index (χ0n) is 23.7. The number of piperidine rings is 1. The van der Waals surface area contributed by atoms with E-state index in [2.05, 4.69) is 12.1 Å². The number of pyridine rings is 1. The number of carbonyl (C=O) groups is 1. The predicted octanol–water partition coefficient (Wildman–Crippen LogP) is 5.43. The van der Waals surface area contributed by atoms with Gasteiger partial charge in [0, 0.05) is 47.8 Å². The second kappa shape index (κ2) is 11.7. The number of amides is 2. The van der Waals surface area contributed by atoms with Gasteiger partial charge in [0.2, 0.25) is 0 Å². The van der Waals surface area contributed by atoms with E-state index in [9.17, 15) is 14.7 Å². The Morgan fingerprint density at radius 3 is 2.44 bits per heavy atom. The summed E-state index contributed by atoms with van der Waals surface area (Å²) in [6.45, 7) is 2.76.